The molecule has 0 saturated carbocycles. The van der Waals surface area contributed by atoms with Crippen molar-refractivity contribution in [3.63, 3.8) is 0 Å². The number of benzene rings is 3. The molecular formula is C60H85N8O9P. The fourth-order valence-corrected chi connectivity index (χ4v) is 11.7. The maximum absolute atomic E-state index is 11.4. The molecule has 5 aromatic rings. The van der Waals surface area contributed by atoms with Crippen LogP contribution >= 0.6 is 8.53 Å². The highest BCUT2D eigenvalue weighted by atomic mass is 31.2. The van der Waals surface area contributed by atoms with E-state index in [1.807, 2.05) is 90.3 Å². The number of carbonyl (C=O) groups excluding carboxylic acids is 1. The second kappa shape index (κ2) is 32.5. The number of aliphatic imine (C=N–C) groups is 1. The molecule has 2 aromatic heterocycles. The molecule has 78 heavy (non-hydrogen) atoms. The Morgan fingerprint density at radius 1 is 0.756 bits per heavy atom. The molecule has 1 fully saturated rings. The molecule has 0 spiro atoms. The van der Waals surface area contributed by atoms with Crippen molar-refractivity contribution in [2.24, 2.45) is 4.99 Å². The van der Waals surface area contributed by atoms with E-state index in [0.717, 1.165) is 48.8 Å². The average Bonchev–Trinajstić information content (AvgIpc) is 4.11. The summed E-state index contributed by atoms with van der Waals surface area (Å²) in [6.45, 7) is 9.18. The van der Waals surface area contributed by atoms with Gasteiger partial charge in [0, 0.05) is 39.2 Å². The Kier molecular flexibility index (Phi) is 25.7. The van der Waals surface area contributed by atoms with Gasteiger partial charge in [-0.1, -0.05) is 125 Å². The number of hydrogen-bond acceptors (Lipinski definition) is 15. The van der Waals surface area contributed by atoms with E-state index < -0.39 is 38.7 Å². The SMILES string of the molecule is COC(=O)CCCCCCCCCCCCCCCO[C@@H]1[C@H](OP(OCCC#N)N(C(C)C)C(C)C)[C@@H](COC(c2ccccc2)(c2ccc(OC)cc2)c2ccc(OC)cc2)O[C@H]1n1cnc2c(N=CN(C)C)ncnc21. The van der Waals surface area contributed by atoms with Gasteiger partial charge in [-0.3, -0.25) is 9.36 Å². The average molecular weight is 1090 g/mol. The van der Waals surface area contributed by atoms with Gasteiger partial charge in [0.25, 0.3) is 8.53 Å². The van der Waals surface area contributed by atoms with E-state index in [2.05, 4.69) is 60.5 Å². The topological polar surface area (TPSA) is 177 Å². The van der Waals surface area contributed by atoms with Crippen LogP contribution in [0.5, 0.6) is 11.5 Å². The van der Waals surface area contributed by atoms with Gasteiger partial charge in [-0.05, 0) is 81.5 Å². The maximum atomic E-state index is 11.4. The first-order valence-corrected chi connectivity index (χ1v) is 29.0. The summed E-state index contributed by atoms with van der Waals surface area (Å²) in [4.78, 5) is 31.9. The number of fused-ring (bicyclic) bond motifs is 1. The van der Waals surface area contributed by atoms with Gasteiger partial charge in [0.2, 0.25) is 0 Å². The van der Waals surface area contributed by atoms with Gasteiger partial charge in [-0.15, -0.1) is 0 Å². The zero-order valence-corrected chi connectivity index (χ0v) is 48.5. The van der Waals surface area contributed by atoms with Crippen molar-refractivity contribution < 1.29 is 42.3 Å². The number of aromatic nitrogens is 4. The summed E-state index contributed by atoms with van der Waals surface area (Å²) in [6, 6.07) is 28.4. The molecule has 0 amide bonds. The van der Waals surface area contributed by atoms with Crippen LogP contribution in [0.2, 0.25) is 0 Å². The largest absolute Gasteiger partial charge is 0.497 e. The van der Waals surface area contributed by atoms with Gasteiger partial charge in [0.05, 0.1) is 59.7 Å². The Balaban J connectivity index is 1.32. The van der Waals surface area contributed by atoms with E-state index in [9.17, 15) is 10.1 Å². The predicted molar refractivity (Wildman–Crippen MR) is 306 cm³/mol. The normalized spacial score (nSPS) is 17.1. The van der Waals surface area contributed by atoms with Crippen LogP contribution in [0.15, 0.2) is 96.5 Å². The van der Waals surface area contributed by atoms with Crippen LogP contribution in [-0.4, -0.2) is 127 Å². The van der Waals surface area contributed by atoms with Crippen LogP contribution in [0.1, 0.15) is 147 Å². The lowest BCUT2D eigenvalue weighted by Crippen LogP contribution is -2.43. The third kappa shape index (κ3) is 17.2. The second-order valence-electron chi connectivity index (χ2n) is 20.5. The van der Waals surface area contributed by atoms with Crippen molar-refractivity contribution in [2.45, 2.75) is 166 Å². The molecule has 3 heterocycles. The molecule has 0 N–H and O–H groups in total. The van der Waals surface area contributed by atoms with Crippen molar-refractivity contribution in [1.29, 1.82) is 5.26 Å². The molecule has 3 aromatic carbocycles. The molecule has 0 aliphatic carbocycles. The van der Waals surface area contributed by atoms with Gasteiger partial charge in [0.15, 0.2) is 23.2 Å². The summed E-state index contributed by atoms with van der Waals surface area (Å²) in [7, 11) is 6.78. The molecule has 0 radical (unpaired) electrons. The number of nitrogens with zero attached hydrogens (tertiary/aromatic N) is 8. The summed E-state index contributed by atoms with van der Waals surface area (Å²) >= 11 is 0. The lowest BCUT2D eigenvalue weighted by atomic mass is 9.80. The molecule has 5 atom stereocenters. The second-order valence-corrected chi connectivity index (χ2v) is 21.9. The molecule has 0 bridgehead atoms. The van der Waals surface area contributed by atoms with Crippen LogP contribution < -0.4 is 9.47 Å². The summed E-state index contributed by atoms with van der Waals surface area (Å²) < 4.78 is 56.3. The van der Waals surface area contributed by atoms with Gasteiger partial charge >= 0.3 is 5.97 Å². The quantitative estimate of drug-likeness (QED) is 0.00923. The zero-order valence-electron chi connectivity index (χ0n) is 47.6. The van der Waals surface area contributed by atoms with Gasteiger partial charge in [0.1, 0.15) is 41.7 Å². The lowest BCUT2D eigenvalue weighted by Gasteiger charge is -2.39. The van der Waals surface area contributed by atoms with Crippen molar-refractivity contribution in [3.8, 4) is 17.6 Å². The highest BCUT2D eigenvalue weighted by Gasteiger charge is 2.52. The summed E-state index contributed by atoms with van der Waals surface area (Å²) in [5.74, 6) is 1.73. The predicted octanol–water partition coefficient (Wildman–Crippen LogP) is 12.7. The molecule has 6 rings (SSSR count). The number of nitriles is 1. The van der Waals surface area contributed by atoms with Crippen LogP contribution in [0.3, 0.4) is 0 Å². The van der Waals surface area contributed by atoms with Crippen LogP contribution in [0.4, 0.5) is 5.82 Å². The number of carbonyl (C=O) groups is 1. The molecular weight excluding hydrogens is 1010 g/mol. The first-order chi connectivity index (χ1) is 37.9. The zero-order chi connectivity index (χ0) is 55.7. The number of esters is 1. The maximum Gasteiger partial charge on any atom is 0.305 e. The van der Waals surface area contributed by atoms with Gasteiger partial charge < -0.3 is 42.4 Å². The Morgan fingerprint density at radius 2 is 1.32 bits per heavy atom. The smallest absolute Gasteiger partial charge is 0.305 e. The van der Waals surface area contributed by atoms with Crippen molar-refractivity contribution in [1.82, 2.24) is 29.1 Å². The summed E-state index contributed by atoms with van der Waals surface area (Å²) in [5, 5.41) is 9.69. The molecule has 18 heteroatoms. The molecule has 1 aliphatic heterocycles. The number of unbranched alkanes of at least 4 members (excludes halogenated alkanes) is 12. The highest BCUT2D eigenvalue weighted by Crippen LogP contribution is 2.52. The van der Waals surface area contributed by atoms with Crippen LogP contribution in [0.25, 0.3) is 11.2 Å². The molecule has 424 valence electrons. The number of imidazole rings is 1. The molecule has 1 saturated heterocycles. The van der Waals surface area contributed by atoms with Crippen molar-refractivity contribution >= 4 is 37.8 Å². The van der Waals surface area contributed by atoms with Crippen LogP contribution in [0, 0.1) is 11.3 Å². The minimum Gasteiger partial charge on any atom is -0.497 e. The van der Waals surface area contributed by atoms with Gasteiger partial charge in [-0.2, -0.15) is 5.26 Å². The van der Waals surface area contributed by atoms with E-state index in [1.54, 1.807) is 26.9 Å². The molecule has 1 unspecified atom stereocenters. The van der Waals surface area contributed by atoms with Crippen molar-refractivity contribution in [3.05, 3.63) is 108 Å². The lowest BCUT2D eigenvalue weighted by molar-refractivity contribution is -0.140. The number of ether oxygens (including phenoxy) is 6. The fraction of sp³-hybridized carbons (Fsp3) is 0.567. The third-order valence-corrected chi connectivity index (χ3v) is 16.0. The monoisotopic (exact) mass is 1090 g/mol. The number of methoxy groups -OCH3 is 3. The summed E-state index contributed by atoms with van der Waals surface area (Å²) in [6.07, 6.45) is 17.3. The van der Waals surface area contributed by atoms with Gasteiger partial charge in [-0.25, -0.2) is 24.6 Å². The van der Waals surface area contributed by atoms with E-state index in [0.29, 0.717) is 41.5 Å². The standard InChI is InChI=1S/C60H85N8O9P/c1-45(2)68(46(3)4)78(75-40-26-38-61)77-55-52(41-74-60(47-27-22-21-23-28-47,48-30-34-50(70-7)35-31-48)49-32-36-51(71-8)37-33-49)76-59(67-44-64-54-57(65-43-66(5)6)62-42-63-58(54)67)56(55)73-39-25-20-18-16-14-12-10-11-13-15-17-19-24-29-53(69)72-9/h21-23,27-28,30-37,42-46,52,55-56,59H,10-20,24-26,29,39-41H2,1-9H3/t52-,55-,56-,59-,78?/m1/s1. The number of rotatable bonds is 36. The highest BCUT2D eigenvalue weighted by molar-refractivity contribution is 7.44. The Labute approximate surface area is 464 Å². The molecule has 17 nitrogen and oxygen atoms in total. The van der Waals surface area contributed by atoms with E-state index >= 15 is 0 Å². The Hall–Kier alpha value is -5.57. The van der Waals surface area contributed by atoms with E-state index in [1.165, 1.54) is 64.8 Å². The number of hydrogen-bond donors (Lipinski definition) is 0. The van der Waals surface area contributed by atoms with Crippen LogP contribution in [-0.2, 0) is 38.4 Å². The van der Waals surface area contributed by atoms with E-state index in [4.69, 9.17) is 47.4 Å². The summed E-state index contributed by atoms with van der Waals surface area (Å²) in [5.41, 5.74) is 2.51. The van der Waals surface area contributed by atoms with Crippen molar-refractivity contribution in [2.75, 3.05) is 55.2 Å². The Bertz CT molecular complexity index is 2520. The molecule has 1 aliphatic rings. The first-order valence-electron chi connectivity index (χ1n) is 27.9. The third-order valence-electron chi connectivity index (χ3n) is 13.9. The fourth-order valence-electron chi connectivity index (χ4n) is 9.98. The first kappa shape index (κ1) is 61.6. The minimum absolute atomic E-state index is 0.0343. The minimum atomic E-state index is -1.78. The Morgan fingerprint density at radius 3 is 1.86 bits per heavy atom. The van der Waals surface area contributed by atoms with E-state index in [-0.39, 0.29) is 37.7 Å².